The van der Waals surface area contributed by atoms with Crippen LogP contribution in [0.2, 0.25) is 0 Å². The zero-order valence-corrected chi connectivity index (χ0v) is 16.1. The molecular formula is C20H32N4O2. The fourth-order valence-electron chi connectivity index (χ4n) is 7.95. The molecule has 6 nitrogen and oxygen atoms in total. The highest BCUT2D eigenvalue weighted by Gasteiger charge is 2.57. The molecule has 4 saturated carbocycles. The van der Waals surface area contributed by atoms with Gasteiger partial charge in [-0.25, -0.2) is 0 Å². The summed E-state index contributed by atoms with van der Waals surface area (Å²) in [5, 5.41) is 14.5. The largest absolute Gasteiger partial charge is 0.378 e. The highest BCUT2D eigenvalue weighted by molar-refractivity contribution is 5.09. The molecule has 0 aromatic rings. The van der Waals surface area contributed by atoms with Gasteiger partial charge in [0.1, 0.15) is 0 Å². The van der Waals surface area contributed by atoms with Gasteiger partial charge in [-0.05, 0) is 76.0 Å². The Morgan fingerprint density at radius 1 is 0.615 bits per heavy atom. The average molecular weight is 361 g/mol. The second-order valence-electron chi connectivity index (χ2n) is 10.2. The molecule has 0 spiro atoms. The van der Waals surface area contributed by atoms with E-state index in [4.69, 9.17) is 19.9 Å². The normalized spacial score (nSPS) is 54.1. The Labute approximate surface area is 156 Å². The number of hydrogen-bond acceptors (Lipinski definition) is 4. The number of methoxy groups -OCH3 is 2. The molecule has 8 rings (SSSR count). The molecule has 8 aliphatic rings. The van der Waals surface area contributed by atoms with E-state index in [-0.39, 0.29) is 11.2 Å². The smallest absolute Gasteiger partial charge is 0.0721 e. The van der Waals surface area contributed by atoms with Crippen LogP contribution in [0.3, 0.4) is 0 Å². The van der Waals surface area contributed by atoms with E-state index >= 15 is 0 Å². The number of rotatable bonds is 4. The molecule has 4 unspecified atom stereocenters. The molecule has 4 atom stereocenters. The third-order valence-electron chi connectivity index (χ3n) is 8.78. The first-order chi connectivity index (χ1) is 12.6. The maximum Gasteiger partial charge on any atom is 0.0721 e. The summed E-state index contributed by atoms with van der Waals surface area (Å²) in [4.78, 5) is 0. The maximum absolute atomic E-state index is 5.97. The van der Waals surface area contributed by atoms with Crippen molar-refractivity contribution in [3.05, 3.63) is 0 Å². The molecule has 8 fully saturated rings. The van der Waals surface area contributed by atoms with E-state index in [2.05, 4.69) is 10.0 Å². The summed E-state index contributed by atoms with van der Waals surface area (Å²) in [6, 6.07) is 2.14. The van der Waals surface area contributed by atoms with Gasteiger partial charge >= 0.3 is 0 Å². The lowest BCUT2D eigenvalue weighted by atomic mass is 9.61. The van der Waals surface area contributed by atoms with Crippen molar-refractivity contribution in [2.45, 2.75) is 99.6 Å². The van der Waals surface area contributed by atoms with Crippen molar-refractivity contribution in [3.8, 4) is 0 Å². The molecule has 4 aliphatic carbocycles. The van der Waals surface area contributed by atoms with Crippen molar-refractivity contribution in [1.82, 2.24) is 10.0 Å². The van der Waals surface area contributed by atoms with Crippen LogP contribution in [-0.4, -0.2) is 59.6 Å². The summed E-state index contributed by atoms with van der Waals surface area (Å²) in [7, 11) is 3.82. The van der Waals surface area contributed by atoms with Crippen molar-refractivity contribution in [3.63, 3.8) is 0 Å². The zero-order chi connectivity index (χ0) is 17.5. The molecule has 4 heterocycles. The number of ether oxygens (including phenoxy) is 2. The minimum atomic E-state index is 0.135. The Morgan fingerprint density at radius 3 is 1.27 bits per heavy atom. The van der Waals surface area contributed by atoms with Crippen LogP contribution >= 0.6 is 0 Å². The fraction of sp³-hybridized carbons (Fsp3) is 1.00. The molecule has 4 saturated heterocycles. The predicted molar refractivity (Wildman–Crippen MR) is 96.3 cm³/mol. The monoisotopic (exact) mass is 360 g/mol. The average Bonchev–Trinajstić information content (AvgIpc) is 2.62. The summed E-state index contributed by atoms with van der Waals surface area (Å²) >= 11 is 0. The van der Waals surface area contributed by atoms with Gasteiger partial charge < -0.3 is 9.47 Å². The maximum atomic E-state index is 5.97. The molecule has 0 radical (unpaired) electrons. The summed E-state index contributed by atoms with van der Waals surface area (Å²) in [6.07, 6.45) is 12.2. The van der Waals surface area contributed by atoms with Gasteiger partial charge in [0.25, 0.3) is 0 Å². The van der Waals surface area contributed by atoms with E-state index in [1.54, 1.807) is 0 Å². The van der Waals surface area contributed by atoms with E-state index < -0.39 is 0 Å². The molecule has 26 heavy (non-hydrogen) atoms. The van der Waals surface area contributed by atoms with Crippen LogP contribution in [0.15, 0.2) is 10.4 Å². The molecule has 144 valence electrons. The predicted octanol–water partition coefficient (Wildman–Crippen LogP) is 3.33. The van der Waals surface area contributed by atoms with Crippen LogP contribution in [0.1, 0.15) is 64.2 Å². The van der Waals surface area contributed by atoms with Crippen LogP contribution in [0, 0.1) is 11.8 Å². The lowest BCUT2D eigenvalue weighted by molar-refractivity contribution is -0.188. The summed E-state index contributed by atoms with van der Waals surface area (Å²) in [5.74, 6) is 1.67. The van der Waals surface area contributed by atoms with E-state index in [0.29, 0.717) is 24.2 Å². The number of hydrogen-bond donors (Lipinski definition) is 0. The molecule has 6 heteroatoms. The Hall–Kier alpha value is -0.880. The standard InChI is InChI=1S/C20H32N4O2/c1-25-19-7-13-3-15(9-19)23(16(4-13)10-19)21-22-24-17-5-14-6-18(24)12-20(8-14,11-17)26-2/h13-18H,3-12H2,1-2H3. The van der Waals surface area contributed by atoms with Crippen LogP contribution in [0.5, 0.6) is 0 Å². The first kappa shape index (κ1) is 16.1. The van der Waals surface area contributed by atoms with Gasteiger partial charge in [0.05, 0.1) is 35.4 Å². The van der Waals surface area contributed by atoms with Crippen LogP contribution < -0.4 is 0 Å². The van der Waals surface area contributed by atoms with E-state index in [0.717, 1.165) is 37.5 Å². The quantitative estimate of drug-likeness (QED) is 0.722. The summed E-state index contributed by atoms with van der Waals surface area (Å²) in [5.41, 5.74) is 0.270. The summed E-state index contributed by atoms with van der Waals surface area (Å²) in [6.45, 7) is 0. The lowest BCUT2D eigenvalue weighted by Crippen LogP contribution is -2.64. The Kier molecular flexibility index (Phi) is 3.31. The van der Waals surface area contributed by atoms with Gasteiger partial charge in [0, 0.05) is 14.2 Å². The fourth-order valence-corrected chi connectivity index (χ4v) is 7.95. The highest BCUT2D eigenvalue weighted by atomic mass is 16.5. The second-order valence-corrected chi connectivity index (χ2v) is 10.2. The van der Waals surface area contributed by atoms with Crippen molar-refractivity contribution < 1.29 is 9.47 Å². The van der Waals surface area contributed by atoms with E-state index in [1.165, 1.54) is 38.5 Å². The Morgan fingerprint density at radius 2 is 0.962 bits per heavy atom. The van der Waals surface area contributed by atoms with E-state index in [9.17, 15) is 0 Å². The first-order valence-corrected chi connectivity index (χ1v) is 10.7. The first-order valence-electron chi connectivity index (χ1n) is 10.7. The van der Waals surface area contributed by atoms with Gasteiger partial charge in [-0.2, -0.15) is 0 Å². The van der Waals surface area contributed by atoms with Crippen molar-refractivity contribution in [1.29, 1.82) is 0 Å². The van der Waals surface area contributed by atoms with Crippen LogP contribution in [-0.2, 0) is 9.47 Å². The van der Waals surface area contributed by atoms with Crippen molar-refractivity contribution in [2.75, 3.05) is 14.2 Å². The lowest BCUT2D eigenvalue weighted by Gasteiger charge is -2.60. The SMILES string of the molecule is COC12CC3CC(C1)N(N=NN1C4CC5CC1CC(OC)(C5)C4)C(C3)C2. The summed E-state index contributed by atoms with van der Waals surface area (Å²) < 4.78 is 11.9. The third kappa shape index (κ3) is 2.17. The Balaban J connectivity index is 1.21. The second kappa shape index (κ2) is 5.34. The van der Waals surface area contributed by atoms with Crippen molar-refractivity contribution in [2.24, 2.45) is 22.3 Å². The van der Waals surface area contributed by atoms with Gasteiger partial charge in [0.2, 0.25) is 0 Å². The highest BCUT2D eigenvalue weighted by Crippen LogP contribution is 2.54. The molecule has 0 aromatic carbocycles. The van der Waals surface area contributed by atoms with E-state index in [1.807, 2.05) is 14.2 Å². The zero-order valence-electron chi connectivity index (χ0n) is 16.1. The van der Waals surface area contributed by atoms with Crippen LogP contribution in [0.4, 0.5) is 0 Å². The van der Waals surface area contributed by atoms with Gasteiger partial charge in [-0.3, -0.25) is 10.0 Å². The molecule has 4 aliphatic heterocycles. The molecular weight excluding hydrogens is 328 g/mol. The van der Waals surface area contributed by atoms with Crippen LogP contribution in [0.25, 0.3) is 0 Å². The number of piperidine rings is 4. The van der Waals surface area contributed by atoms with Gasteiger partial charge in [-0.1, -0.05) is 10.4 Å². The molecule has 8 bridgehead atoms. The number of nitrogens with zero attached hydrogens (tertiary/aromatic N) is 4. The Bertz CT molecular complexity index is 541. The van der Waals surface area contributed by atoms with Gasteiger partial charge in [0.15, 0.2) is 0 Å². The molecule has 0 aromatic heterocycles. The topological polar surface area (TPSA) is 49.7 Å². The van der Waals surface area contributed by atoms with Crippen molar-refractivity contribution >= 4 is 0 Å². The minimum absolute atomic E-state index is 0.135. The third-order valence-corrected chi connectivity index (χ3v) is 8.78. The minimum Gasteiger partial charge on any atom is -0.378 e. The molecule has 0 N–H and O–H groups in total. The van der Waals surface area contributed by atoms with Gasteiger partial charge in [-0.15, -0.1) is 0 Å². The molecule has 0 amide bonds.